The highest BCUT2D eigenvalue weighted by Crippen LogP contribution is 2.27. The van der Waals surface area contributed by atoms with Crippen LogP contribution in [0, 0.1) is 0 Å². The van der Waals surface area contributed by atoms with Gasteiger partial charge in [0.15, 0.2) is 0 Å². The Bertz CT molecular complexity index is 239. The molecule has 5 heteroatoms. The molecule has 1 rings (SSSR count). The molecule has 0 spiro atoms. The average Bonchev–Trinajstić information content (AvgIpc) is 1.99. The van der Waals surface area contributed by atoms with E-state index in [4.69, 9.17) is 0 Å². The summed E-state index contributed by atoms with van der Waals surface area (Å²) in [6.07, 6.45) is -4.17. The topological polar surface area (TPSA) is 20.3 Å². The van der Waals surface area contributed by atoms with Crippen molar-refractivity contribution in [3.8, 4) is 0 Å². The molecule has 1 fully saturated rings. The van der Waals surface area contributed by atoms with Gasteiger partial charge in [-0.2, -0.15) is 13.2 Å². The maximum Gasteiger partial charge on any atom is 0.390 e. The number of hydrogen-bond acceptors (Lipinski definition) is 2. The second-order valence-corrected chi connectivity index (χ2v) is 4.25. The molecular weight excluding hydrogens is 207 g/mol. The van der Waals surface area contributed by atoms with E-state index < -0.39 is 18.6 Å². The van der Waals surface area contributed by atoms with Crippen LogP contribution in [0.25, 0.3) is 0 Å². The molecule has 0 bridgehead atoms. The Balaban J connectivity index is 2.52. The highest BCUT2D eigenvalue weighted by molar-refractivity contribution is 5.79. The van der Waals surface area contributed by atoms with E-state index in [9.17, 15) is 18.0 Å². The van der Waals surface area contributed by atoms with Crippen LogP contribution in [0.15, 0.2) is 0 Å². The molecule has 0 saturated carbocycles. The zero-order valence-corrected chi connectivity index (χ0v) is 8.97. The highest BCUT2D eigenvalue weighted by atomic mass is 19.4. The Morgan fingerprint density at radius 1 is 1.53 bits per heavy atom. The molecule has 1 aliphatic heterocycles. The van der Waals surface area contributed by atoms with E-state index in [0.29, 0.717) is 19.4 Å². The molecule has 0 N–H and O–H groups in total. The molecule has 1 heterocycles. The first-order chi connectivity index (χ1) is 6.79. The number of likely N-dealkylation sites (tertiary alicyclic amines) is 1. The lowest BCUT2D eigenvalue weighted by Gasteiger charge is -2.37. The van der Waals surface area contributed by atoms with Crippen LogP contribution in [0.3, 0.4) is 0 Å². The van der Waals surface area contributed by atoms with E-state index in [0.717, 1.165) is 0 Å². The number of rotatable bonds is 2. The van der Waals surface area contributed by atoms with Gasteiger partial charge in [-0.25, -0.2) is 0 Å². The summed E-state index contributed by atoms with van der Waals surface area (Å²) >= 11 is 0. The lowest BCUT2D eigenvalue weighted by molar-refractivity contribution is -0.149. The van der Waals surface area contributed by atoms with Crippen LogP contribution >= 0.6 is 0 Å². The normalized spacial score (nSPS) is 26.7. The highest BCUT2D eigenvalue weighted by Gasteiger charge is 2.35. The van der Waals surface area contributed by atoms with E-state index >= 15 is 0 Å². The fourth-order valence-corrected chi connectivity index (χ4v) is 2.13. The van der Waals surface area contributed by atoms with E-state index in [1.807, 2.05) is 6.92 Å². The monoisotopic (exact) mass is 223 g/mol. The minimum absolute atomic E-state index is 0.0661. The van der Waals surface area contributed by atoms with Crippen molar-refractivity contribution in [1.82, 2.24) is 4.90 Å². The second-order valence-electron chi connectivity index (χ2n) is 4.25. The van der Waals surface area contributed by atoms with Crippen LogP contribution in [-0.4, -0.2) is 35.5 Å². The number of Topliss-reactive ketones (excluding diaryl/α,β-unsaturated/α-hetero) is 1. The molecule has 15 heavy (non-hydrogen) atoms. The summed E-state index contributed by atoms with van der Waals surface area (Å²) < 4.78 is 36.5. The number of ketones is 1. The Hall–Kier alpha value is -0.580. The van der Waals surface area contributed by atoms with Crippen molar-refractivity contribution in [3.63, 3.8) is 0 Å². The third kappa shape index (κ3) is 3.81. The molecule has 1 aliphatic rings. The Labute approximate surface area is 87.4 Å². The molecule has 0 aromatic rings. The summed E-state index contributed by atoms with van der Waals surface area (Å²) in [7, 11) is 0. The van der Waals surface area contributed by atoms with Gasteiger partial charge in [-0.05, 0) is 13.8 Å². The van der Waals surface area contributed by atoms with Gasteiger partial charge in [0.2, 0.25) is 0 Å². The van der Waals surface area contributed by atoms with E-state index in [-0.39, 0.29) is 11.8 Å². The summed E-state index contributed by atoms with van der Waals surface area (Å²) in [5.41, 5.74) is 0. The van der Waals surface area contributed by atoms with Gasteiger partial charge in [0, 0.05) is 31.5 Å². The first kappa shape index (κ1) is 12.5. The number of alkyl halides is 3. The van der Waals surface area contributed by atoms with Crippen LogP contribution in [0.2, 0.25) is 0 Å². The lowest BCUT2D eigenvalue weighted by atomic mass is 9.99. The summed E-state index contributed by atoms with van der Waals surface area (Å²) in [5, 5.41) is 0. The number of piperidine rings is 1. The molecule has 0 aliphatic carbocycles. The third-order valence-corrected chi connectivity index (χ3v) is 2.83. The van der Waals surface area contributed by atoms with Gasteiger partial charge in [0.1, 0.15) is 5.78 Å². The van der Waals surface area contributed by atoms with Crippen molar-refractivity contribution in [2.45, 2.75) is 51.4 Å². The fourth-order valence-electron chi connectivity index (χ4n) is 2.13. The van der Waals surface area contributed by atoms with Gasteiger partial charge in [-0.15, -0.1) is 0 Å². The van der Waals surface area contributed by atoms with Gasteiger partial charge in [-0.1, -0.05) is 0 Å². The zero-order valence-electron chi connectivity index (χ0n) is 8.97. The largest absolute Gasteiger partial charge is 0.390 e. The summed E-state index contributed by atoms with van der Waals surface area (Å²) in [5.74, 6) is 0.151. The van der Waals surface area contributed by atoms with Crippen molar-refractivity contribution in [3.05, 3.63) is 0 Å². The fraction of sp³-hybridized carbons (Fsp3) is 0.900. The maximum atomic E-state index is 12.2. The van der Waals surface area contributed by atoms with Gasteiger partial charge in [-0.3, -0.25) is 9.69 Å². The van der Waals surface area contributed by atoms with E-state index in [1.54, 1.807) is 11.8 Å². The van der Waals surface area contributed by atoms with Crippen molar-refractivity contribution < 1.29 is 18.0 Å². The van der Waals surface area contributed by atoms with Crippen LogP contribution in [-0.2, 0) is 4.79 Å². The first-order valence-corrected chi connectivity index (χ1v) is 5.14. The Kier molecular flexibility index (Phi) is 3.76. The summed E-state index contributed by atoms with van der Waals surface area (Å²) in [6, 6.07) is -0.600. The third-order valence-electron chi connectivity index (χ3n) is 2.83. The molecule has 1 saturated heterocycles. The van der Waals surface area contributed by atoms with Crippen LogP contribution in [0.1, 0.15) is 33.1 Å². The molecule has 0 radical (unpaired) electrons. The molecule has 2 nitrogen and oxygen atoms in total. The van der Waals surface area contributed by atoms with Crippen molar-refractivity contribution in [1.29, 1.82) is 0 Å². The van der Waals surface area contributed by atoms with Gasteiger partial charge >= 0.3 is 6.18 Å². The second kappa shape index (κ2) is 4.51. The minimum atomic E-state index is -4.12. The molecule has 88 valence electrons. The molecular formula is C10H16F3NO. The van der Waals surface area contributed by atoms with Crippen LogP contribution in [0.5, 0.6) is 0 Å². The predicted molar refractivity (Wildman–Crippen MR) is 50.5 cm³/mol. The summed E-state index contributed by atoms with van der Waals surface area (Å²) in [6.45, 7) is 3.83. The lowest BCUT2D eigenvalue weighted by Crippen LogP contribution is -2.47. The van der Waals surface area contributed by atoms with Crippen molar-refractivity contribution in [2.75, 3.05) is 6.54 Å². The van der Waals surface area contributed by atoms with E-state index in [1.165, 1.54) is 0 Å². The predicted octanol–water partition coefficient (Wildman–Crippen LogP) is 2.38. The number of carbonyl (C=O) groups is 1. The van der Waals surface area contributed by atoms with Gasteiger partial charge in [0.25, 0.3) is 0 Å². The van der Waals surface area contributed by atoms with Crippen LogP contribution in [0.4, 0.5) is 13.2 Å². The zero-order chi connectivity index (χ0) is 11.6. The van der Waals surface area contributed by atoms with Crippen LogP contribution < -0.4 is 0 Å². The Morgan fingerprint density at radius 3 is 2.60 bits per heavy atom. The minimum Gasteiger partial charge on any atom is -0.300 e. The summed E-state index contributed by atoms with van der Waals surface area (Å²) in [4.78, 5) is 12.9. The average molecular weight is 223 g/mol. The number of halogens is 3. The van der Waals surface area contributed by atoms with Gasteiger partial charge in [0.05, 0.1) is 6.42 Å². The first-order valence-electron chi connectivity index (χ1n) is 5.14. The smallest absolute Gasteiger partial charge is 0.300 e. The molecule has 0 aromatic carbocycles. The number of carbonyl (C=O) groups excluding carboxylic acids is 1. The number of nitrogens with zero attached hydrogens (tertiary/aromatic N) is 1. The standard InChI is InChI=1S/C10H16F3NO/c1-7-5-9(15)3-4-14(7)8(2)6-10(11,12)13/h7-8H,3-6H2,1-2H3. The van der Waals surface area contributed by atoms with Crippen molar-refractivity contribution in [2.24, 2.45) is 0 Å². The maximum absolute atomic E-state index is 12.2. The SMILES string of the molecule is CC1CC(=O)CCN1C(C)CC(F)(F)F. The molecule has 2 unspecified atom stereocenters. The van der Waals surface area contributed by atoms with Crippen molar-refractivity contribution >= 4 is 5.78 Å². The quantitative estimate of drug-likeness (QED) is 0.716. The molecule has 2 atom stereocenters. The molecule has 0 amide bonds. The molecule has 0 aromatic heterocycles. The van der Waals surface area contributed by atoms with Gasteiger partial charge < -0.3 is 0 Å². The van der Waals surface area contributed by atoms with E-state index in [2.05, 4.69) is 0 Å². The Morgan fingerprint density at radius 2 is 2.13 bits per heavy atom. The number of hydrogen-bond donors (Lipinski definition) is 0.